The van der Waals surface area contributed by atoms with Crippen molar-refractivity contribution in [2.75, 3.05) is 57.1 Å². The molecule has 7 rings (SSSR count). The van der Waals surface area contributed by atoms with E-state index in [1.54, 1.807) is 37.4 Å². The molecule has 4 heterocycles. The molecule has 0 saturated carbocycles. The number of rotatable bonds is 6. The molecule has 0 aliphatic carbocycles. The minimum absolute atomic E-state index is 0.0792. The number of fused-ring (bicyclic) bond motifs is 3. The van der Waals surface area contributed by atoms with Crippen LogP contribution in [0.25, 0.3) is 11.1 Å². The van der Waals surface area contributed by atoms with Gasteiger partial charge >= 0.3 is 5.97 Å². The van der Waals surface area contributed by atoms with Gasteiger partial charge in [-0.2, -0.15) is 0 Å². The van der Waals surface area contributed by atoms with E-state index in [1.807, 2.05) is 6.07 Å². The zero-order valence-electron chi connectivity index (χ0n) is 26.3. The van der Waals surface area contributed by atoms with E-state index in [4.69, 9.17) is 42.1 Å². The topological polar surface area (TPSA) is 80.8 Å². The van der Waals surface area contributed by atoms with Gasteiger partial charge in [0, 0.05) is 42.6 Å². The van der Waals surface area contributed by atoms with Gasteiger partial charge in [-0.3, -0.25) is 4.79 Å². The Morgan fingerprint density at radius 3 is 2.30 bits per heavy atom. The highest BCUT2D eigenvalue weighted by Gasteiger charge is 2.40. The lowest BCUT2D eigenvalue weighted by molar-refractivity contribution is 0.0515. The van der Waals surface area contributed by atoms with Crippen LogP contribution in [-0.2, 0) is 20.8 Å². The summed E-state index contributed by atoms with van der Waals surface area (Å²) in [6.45, 7) is 2.83. The summed E-state index contributed by atoms with van der Waals surface area (Å²) in [5.41, 5.74) is 3.40. The quantitative estimate of drug-likeness (QED) is 0.270. The number of methoxy groups -OCH3 is 2. The fourth-order valence-electron chi connectivity index (χ4n) is 7.35. The summed E-state index contributed by atoms with van der Waals surface area (Å²) in [5, 5.41) is 0.534. The van der Waals surface area contributed by atoms with E-state index in [-0.39, 0.29) is 58.5 Å². The number of carbonyl (C=O) groups excluding carboxylic acids is 2. The number of amides is 1. The van der Waals surface area contributed by atoms with Gasteiger partial charge in [-0.05, 0) is 49.9 Å². The van der Waals surface area contributed by atoms with Crippen molar-refractivity contribution in [3.63, 3.8) is 0 Å². The molecule has 3 aromatic carbocycles. The predicted molar refractivity (Wildman–Crippen MR) is 177 cm³/mol. The summed E-state index contributed by atoms with van der Waals surface area (Å²) in [6, 6.07) is 12.1. The lowest BCUT2D eigenvalue weighted by Crippen LogP contribution is -2.46. The molecule has 0 spiro atoms. The van der Waals surface area contributed by atoms with E-state index in [0.29, 0.717) is 41.3 Å². The number of piperidine rings is 1. The molecule has 9 nitrogen and oxygen atoms in total. The summed E-state index contributed by atoms with van der Waals surface area (Å²) in [4.78, 5) is 32.5. The number of nitrogens with zero attached hydrogens (tertiary/aromatic N) is 3. The number of hydrogen-bond donors (Lipinski definition) is 0. The Kier molecular flexibility index (Phi) is 8.95. The van der Waals surface area contributed by atoms with E-state index < -0.39 is 11.8 Å². The highest BCUT2D eigenvalue weighted by molar-refractivity contribution is 6.40. The van der Waals surface area contributed by atoms with Gasteiger partial charge in [0.25, 0.3) is 5.91 Å². The van der Waals surface area contributed by atoms with E-state index in [2.05, 4.69) is 9.80 Å². The SMILES string of the molecule is COC(=O)c1cc(F)c(-c2cccc3c2OCN(C(=O)c2c(Cl)cc(N4CCC(OC)CC4)cc2Cl)C3)cc1N1C2CCC1COC2. The van der Waals surface area contributed by atoms with Crippen molar-refractivity contribution in [3.05, 3.63) is 75.0 Å². The van der Waals surface area contributed by atoms with Crippen molar-refractivity contribution in [3.8, 4) is 16.9 Å². The first-order valence-electron chi connectivity index (χ1n) is 15.9. The molecule has 2 unspecified atom stereocenters. The number of halogens is 3. The van der Waals surface area contributed by atoms with E-state index in [9.17, 15) is 9.59 Å². The zero-order valence-corrected chi connectivity index (χ0v) is 27.8. The van der Waals surface area contributed by atoms with Crippen molar-refractivity contribution >= 4 is 46.5 Å². The largest absolute Gasteiger partial charge is 0.472 e. The van der Waals surface area contributed by atoms with Crippen LogP contribution in [0.15, 0.2) is 42.5 Å². The third kappa shape index (κ3) is 5.90. The monoisotopic (exact) mass is 683 g/mol. The van der Waals surface area contributed by atoms with Gasteiger partial charge in [-0.1, -0.05) is 41.4 Å². The number of carbonyl (C=O) groups is 2. The smallest absolute Gasteiger partial charge is 0.340 e. The molecule has 4 aliphatic rings. The molecule has 3 saturated heterocycles. The molecule has 12 heteroatoms. The Labute approximate surface area is 283 Å². The molecule has 4 aliphatic heterocycles. The second-order valence-electron chi connectivity index (χ2n) is 12.4. The van der Waals surface area contributed by atoms with Crippen molar-refractivity contribution in [1.82, 2.24) is 4.90 Å². The van der Waals surface area contributed by atoms with Gasteiger partial charge in [-0.15, -0.1) is 0 Å². The Bertz CT molecular complexity index is 1680. The van der Waals surface area contributed by atoms with Crippen LogP contribution >= 0.6 is 23.2 Å². The van der Waals surface area contributed by atoms with Crippen LogP contribution in [-0.4, -0.2) is 82.2 Å². The van der Waals surface area contributed by atoms with E-state index in [1.165, 1.54) is 18.1 Å². The Hall–Kier alpha value is -3.57. The second-order valence-corrected chi connectivity index (χ2v) is 13.3. The van der Waals surface area contributed by atoms with Gasteiger partial charge in [0.15, 0.2) is 6.73 Å². The molecule has 0 N–H and O–H groups in total. The summed E-state index contributed by atoms with van der Waals surface area (Å²) in [5.74, 6) is -1.06. The number of para-hydroxylation sites is 1. The fraction of sp³-hybridized carbons (Fsp3) is 0.429. The first kappa shape index (κ1) is 32.0. The standard InChI is InChI=1S/C35H36Cl2FN3O6/c1-44-24-8-10-39(11-9-24)23-12-28(36)32(29(37)13-23)34(42)40-16-20-4-3-5-25(33(20)47-19-40)26-15-31(27(14-30(26)38)35(43)45-2)41-21-6-7-22(41)18-46-17-21/h3-5,12-15,21-22,24H,6-11,16-19H2,1-2H3. The normalized spacial score (nSPS) is 21.0. The number of esters is 1. The van der Waals surface area contributed by atoms with Crippen molar-refractivity contribution in [1.29, 1.82) is 0 Å². The highest BCUT2D eigenvalue weighted by atomic mass is 35.5. The highest BCUT2D eigenvalue weighted by Crippen LogP contribution is 2.43. The number of hydrogen-bond acceptors (Lipinski definition) is 8. The van der Waals surface area contributed by atoms with Gasteiger partial charge < -0.3 is 33.6 Å². The molecule has 0 radical (unpaired) electrons. The Morgan fingerprint density at radius 2 is 1.64 bits per heavy atom. The molecular formula is C35H36Cl2FN3O6. The van der Waals surface area contributed by atoms with Crippen LogP contribution in [0.3, 0.4) is 0 Å². The third-order valence-electron chi connectivity index (χ3n) is 9.79. The second kappa shape index (κ2) is 13.1. The average molecular weight is 685 g/mol. The molecule has 2 atom stereocenters. The summed E-state index contributed by atoms with van der Waals surface area (Å²) < 4.78 is 38.3. The van der Waals surface area contributed by atoms with Crippen LogP contribution < -0.4 is 14.5 Å². The Morgan fingerprint density at radius 1 is 0.936 bits per heavy atom. The van der Waals surface area contributed by atoms with Gasteiger partial charge in [0.1, 0.15) is 11.6 Å². The van der Waals surface area contributed by atoms with Gasteiger partial charge in [0.05, 0.1) is 71.9 Å². The fourth-order valence-corrected chi connectivity index (χ4v) is 7.98. The maximum atomic E-state index is 15.9. The lowest BCUT2D eigenvalue weighted by Gasteiger charge is -2.38. The summed E-state index contributed by atoms with van der Waals surface area (Å²) >= 11 is 13.4. The summed E-state index contributed by atoms with van der Waals surface area (Å²) in [6.07, 6.45) is 3.88. The van der Waals surface area contributed by atoms with E-state index >= 15 is 4.39 Å². The van der Waals surface area contributed by atoms with Gasteiger partial charge in [-0.25, -0.2) is 9.18 Å². The molecule has 2 bridgehead atoms. The molecule has 0 aromatic heterocycles. The van der Waals surface area contributed by atoms with Crippen LogP contribution in [0.2, 0.25) is 10.0 Å². The number of benzene rings is 3. The van der Waals surface area contributed by atoms with Gasteiger partial charge in [0.2, 0.25) is 0 Å². The first-order valence-corrected chi connectivity index (χ1v) is 16.6. The summed E-state index contributed by atoms with van der Waals surface area (Å²) in [7, 11) is 3.02. The number of anilines is 2. The van der Waals surface area contributed by atoms with Crippen molar-refractivity contribution < 1.29 is 32.9 Å². The lowest BCUT2D eigenvalue weighted by atomic mass is 9.96. The van der Waals surface area contributed by atoms with E-state index in [0.717, 1.165) is 44.5 Å². The Balaban J connectivity index is 1.16. The third-order valence-corrected chi connectivity index (χ3v) is 10.4. The van der Waals surface area contributed by atoms with Crippen molar-refractivity contribution in [2.45, 2.75) is 50.4 Å². The molecule has 47 heavy (non-hydrogen) atoms. The molecule has 1 amide bonds. The van der Waals surface area contributed by atoms with Crippen LogP contribution in [0.1, 0.15) is 52.0 Å². The van der Waals surface area contributed by atoms with Crippen LogP contribution in [0.4, 0.5) is 15.8 Å². The molecule has 3 aromatic rings. The average Bonchev–Trinajstić information content (AvgIpc) is 3.33. The zero-order chi connectivity index (χ0) is 32.8. The van der Waals surface area contributed by atoms with Crippen LogP contribution in [0, 0.1) is 5.82 Å². The maximum Gasteiger partial charge on any atom is 0.340 e. The minimum atomic E-state index is -0.599. The minimum Gasteiger partial charge on any atom is -0.472 e. The molecular weight excluding hydrogens is 648 g/mol. The first-order chi connectivity index (χ1) is 22.8. The number of ether oxygens (including phenoxy) is 4. The predicted octanol–water partition coefficient (Wildman–Crippen LogP) is 6.56. The van der Waals surface area contributed by atoms with Crippen molar-refractivity contribution in [2.24, 2.45) is 0 Å². The van der Waals surface area contributed by atoms with Crippen LogP contribution in [0.5, 0.6) is 5.75 Å². The number of morpholine rings is 1. The molecule has 248 valence electrons. The molecule has 3 fully saturated rings. The maximum absolute atomic E-state index is 15.9.